The number of amides is 1. The molecule has 6 nitrogen and oxygen atoms in total. The Kier molecular flexibility index (Phi) is 4.63. The molecule has 0 saturated carbocycles. The molecule has 1 fully saturated rings. The van der Waals surface area contributed by atoms with E-state index in [9.17, 15) is 22.8 Å². The topological polar surface area (TPSA) is 98.1 Å². The van der Waals surface area contributed by atoms with Gasteiger partial charge in [-0.2, -0.15) is 13.2 Å². The van der Waals surface area contributed by atoms with Crippen LogP contribution in [0.2, 0.25) is 5.02 Å². The van der Waals surface area contributed by atoms with Crippen molar-refractivity contribution >= 4 is 28.4 Å². The third kappa shape index (κ3) is 2.96. The molecule has 0 aliphatic carbocycles. The molecule has 0 bridgehead atoms. The van der Waals surface area contributed by atoms with Gasteiger partial charge < -0.3 is 15.5 Å². The van der Waals surface area contributed by atoms with Gasteiger partial charge in [0.25, 0.3) is 5.91 Å². The van der Waals surface area contributed by atoms with Crippen molar-refractivity contribution in [1.82, 2.24) is 9.97 Å². The molecule has 0 spiro atoms. The fraction of sp³-hybridized carbons (Fsp3) is 0.250. The van der Waals surface area contributed by atoms with Crippen LogP contribution in [0, 0.1) is 6.92 Å². The average Bonchev–Trinajstić information content (AvgIpc) is 2.61. The van der Waals surface area contributed by atoms with Gasteiger partial charge in [0, 0.05) is 34.8 Å². The standard InChI is InChI=1S/C20H15ClF3N3O3/c1-9-6-11(19(3-5-30-19)20(22,23)24)12(21)7-10(9)14-8-15(28)16-13(27-14)2-4-26-17(16)18(25)29/h2,4,6-8H,3,5H2,1H3,(H2,25,29)(H,27,28)/t19-/m0/s1. The number of halogens is 4. The Balaban J connectivity index is 1.89. The number of ether oxygens (including phenoxy) is 1. The van der Waals surface area contributed by atoms with E-state index in [0.717, 1.165) is 0 Å². The number of aryl methyl sites for hydroxylation is 1. The Morgan fingerprint density at radius 3 is 2.60 bits per heavy atom. The normalized spacial score (nSPS) is 19.0. The molecule has 30 heavy (non-hydrogen) atoms. The SMILES string of the molecule is Cc1cc([C@]2(C(F)(F)F)CCO2)c(Cl)cc1-c1cc(=O)c2c(C(N)=O)nccc2[nH]1. The molecule has 3 heterocycles. The summed E-state index contributed by atoms with van der Waals surface area (Å²) in [7, 11) is 0. The number of hydrogen-bond donors (Lipinski definition) is 2. The minimum Gasteiger partial charge on any atom is -0.364 e. The second-order valence-corrected chi connectivity index (χ2v) is 7.47. The highest BCUT2D eigenvalue weighted by atomic mass is 35.5. The highest BCUT2D eigenvalue weighted by Gasteiger charge is 2.62. The second kappa shape index (κ2) is 6.82. The highest BCUT2D eigenvalue weighted by Crippen LogP contribution is 2.52. The number of fused-ring (bicyclic) bond motifs is 1. The van der Waals surface area contributed by atoms with Crippen LogP contribution in [-0.2, 0) is 10.3 Å². The van der Waals surface area contributed by atoms with Crippen LogP contribution in [0.4, 0.5) is 13.2 Å². The number of primary amides is 1. The third-order valence-corrected chi connectivity index (χ3v) is 5.59. The molecular weight excluding hydrogens is 423 g/mol. The van der Waals surface area contributed by atoms with Crippen molar-refractivity contribution in [3.8, 4) is 11.3 Å². The number of alkyl halides is 3. The van der Waals surface area contributed by atoms with Crippen LogP contribution in [0.5, 0.6) is 0 Å². The zero-order valence-electron chi connectivity index (χ0n) is 15.6. The highest BCUT2D eigenvalue weighted by molar-refractivity contribution is 6.31. The first kappa shape index (κ1) is 20.4. The van der Waals surface area contributed by atoms with Gasteiger partial charge in [-0.15, -0.1) is 0 Å². The monoisotopic (exact) mass is 437 g/mol. The first-order valence-electron chi connectivity index (χ1n) is 8.89. The predicted octanol–water partition coefficient (Wildman–Crippen LogP) is 3.83. The minimum atomic E-state index is -4.61. The van der Waals surface area contributed by atoms with E-state index >= 15 is 0 Å². The minimum absolute atomic E-state index is 0.00906. The van der Waals surface area contributed by atoms with E-state index in [0.29, 0.717) is 22.3 Å². The van der Waals surface area contributed by atoms with Crippen LogP contribution in [0.25, 0.3) is 22.2 Å². The van der Waals surface area contributed by atoms with E-state index in [1.165, 1.54) is 30.5 Å². The molecule has 3 aromatic rings. The molecular formula is C20H15ClF3N3O3. The number of nitrogens with two attached hydrogens (primary N) is 1. The molecule has 1 saturated heterocycles. The van der Waals surface area contributed by atoms with Crippen molar-refractivity contribution in [2.45, 2.75) is 25.1 Å². The van der Waals surface area contributed by atoms with Crippen molar-refractivity contribution in [2.24, 2.45) is 5.73 Å². The molecule has 1 atom stereocenters. The summed E-state index contributed by atoms with van der Waals surface area (Å²) in [6.07, 6.45) is -3.50. The Hall–Kier alpha value is -2.91. The van der Waals surface area contributed by atoms with Gasteiger partial charge in [0.1, 0.15) is 5.69 Å². The van der Waals surface area contributed by atoms with Crippen molar-refractivity contribution in [3.05, 3.63) is 62.5 Å². The molecule has 156 valence electrons. The Morgan fingerprint density at radius 2 is 2.03 bits per heavy atom. The lowest BCUT2D eigenvalue weighted by molar-refractivity contribution is -0.333. The Labute approximate surface area is 172 Å². The van der Waals surface area contributed by atoms with E-state index in [1.807, 2.05) is 0 Å². The quantitative estimate of drug-likeness (QED) is 0.650. The maximum Gasteiger partial charge on any atom is 0.421 e. The van der Waals surface area contributed by atoms with E-state index in [1.54, 1.807) is 6.92 Å². The van der Waals surface area contributed by atoms with Crippen molar-refractivity contribution in [1.29, 1.82) is 0 Å². The van der Waals surface area contributed by atoms with Crippen LogP contribution < -0.4 is 11.2 Å². The van der Waals surface area contributed by atoms with Gasteiger partial charge in [-0.1, -0.05) is 17.7 Å². The summed E-state index contributed by atoms with van der Waals surface area (Å²) in [6.45, 7) is 1.60. The van der Waals surface area contributed by atoms with Crippen molar-refractivity contribution < 1.29 is 22.7 Å². The molecule has 2 aromatic heterocycles. The lowest BCUT2D eigenvalue weighted by Gasteiger charge is -2.44. The van der Waals surface area contributed by atoms with E-state index in [4.69, 9.17) is 22.1 Å². The van der Waals surface area contributed by atoms with Crippen LogP contribution in [0.3, 0.4) is 0 Å². The van der Waals surface area contributed by atoms with Gasteiger partial charge in [-0.25, -0.2) is 0 Å². The molecule has 4 rings (SSSR count). The molecule has 1 aromatic carbocycles. The zero-order chi connectivity index (χ0) is 21.8. The number of nitrogens with one attached hydrogen (secondary N) is 1. The fourth-order valence-electron chi connectivity index (χ4n) is 3.71. The maximum atomic E-state index is 13.6. The van der Waals surface area contributed by atoms with E-state index in [2.05, 4.69) is 9.97 Å². The Morgan fingerprint density at radius 1 is 1.33 bits per heavy atom. The lowest BCUT2D eigenvalue weighted by Crippen LogP contribution is -2.52. The summed E-state index contributed by atoms with van der Waals surface area (Å²) < 4.78 is 45.8. The Bertz CT molecular complexity index is 1250. The van der Waals surface area contributed by atoms with Gasteiger partial charge in [-0.3, -0.25) is 14.6 Å². The summed E-state index contributed by atoms with van der Waals surface area (Å²) in [4.78, 5) is 31.0. The molecule has 1 aliphatic heterocycles. The van der Waals surface area contributed by atoms with Crippen LogP contribution >= 0.6 is 11.6 Å². The molecule has 1 aliphatic rings. The second-order valence-electron chi connectivity index (χ2n) is 7.06. The summed E-state index contributed by atoms with van der Waals surface area (Å²) >= 11 is 6.24. The third-order valence-electron chi connectivity index (χ3n) is 5.28. The van der Waals surface area contributed by atoms with Crippen LogP contribution in [-0.4, -0.2) is 28.7 Å². The number of aromatic amines is 1. The van der Waals surface area contributed by atoms with E-state index < -0.39 is 23.1 Å². The van der Waals surface area contributed by atoms with Crippen molar-refractivity contribution in [2.75, 3.05) is 6.61 Å². The van der Waals surface area contributed by atoms with Crippen LogP contribution in [0.1, 0.15) is 28.0 Å². The number of hydrogen-bond acceptors (Lipinski definition) is 4. The number of benzene rings is 1. The maximum absolute atomic E-state index is 13.6. The molecule has 1 amide bonds. The molecule has 10 heteroatoms. The van der Waals surface area contributed by atoms with Gasteiger partial charge in [-0.05, 0) is 24.6 Å². The summed E-state index contributed by atoms with van der Waals surface area (Å²) in [5.74, 6) is -0.847. The van der Waals surface area contributed by atoms with Gasteiger partial charge in [0.15, 0.2) is 11.0 Å². The number of carbonyl (C=O) groups excluding carboxylic acids is 1. The number of rotatable bonds is 3. The zero-order valence-corrected chi connectivity index (χ0v) is 16.3. The number of aromatic nitrogens is 2. The summed E-state index contributed by atoms with van der Waals surface area (Å²) in [5.41, 5.74) is 3.57. The van der Waals surface area contributed by atoms with Gasteiger partial charge in [0.2, 0.25) is 0 Å². The summed E-state index contributed by atoms with van der Waals surface area (Å²) in [5, 5.41) is -0.0888. The van der Waals surface area contributed by atoms with Gasteiger partial charge in [0.05, 0.1) is 23.2 Å². The molecule has 3 N–H and O–H groups in total. The van der Waals surface area contributed by atoms with Crippen LogP contribution in [0.15, 0.2) is 35.3 Å². The lowest BCUT2D eigenvalue weighted by atomic mass is 9.84. The van der Waals surface area contributed by atoms with Gasteiger partial charge >= 0.3 is 6.18 Å². The number of nitrogens with zero attached hydrogens (tertiary/aromatic N) is 1. The average molecular weight is 438 g/mol. The number of pyridine rings is 2. The van der Waals surface area contributed by atoms with E-state index in [-0.39, 0.29) is 34.7 Å². The number of H-pyrrole nitrogens is 1. The molecule has 0 unspecified atom stereocenters. The smallest absolute Gasteiger partial charge is 0.364 e. The first-order chi connectivity index (χ1) is 14.0. The predicted molar refractivity (Wildman–Crippen MR) is 104 cm³/mol. The fourth-order valence-corrected chi connectivity index (χ4v) is 4.02. The molecule has 0 radical (unpaired) electrons. The largest absolute Gasteiger partial charge is 0.421 e. The first-order valence-corrected chi connectivity index (χ1v) is 9.26. The summed E-state index contributed by atoms with van der Waals surface area (Å²) in [6, 6.07) is 5.43. The number of carbonyl (C=O) groups is 1. The van der Waals surface area contributed by atoms with Crippen molar-refractivity contribution in [3.63, 3.8) is 0 Å².